The Morgan fingerprint density at radius 3 is 3.00 bits per heavy atom. The molecule has 0 saturated heterocycles. The van der Waals surface area contributed by atoms with Crippen LogP contribution in [0.2, 0.25) is 0 Å². The molecule has 86 valence electrons. The Bertz CT molecular complexity index is 248. The number of likely N-dealkylation sites (N-methyl/N-ethyl adjacent to an activating group) is 1. The Morgan fingerprint density at radius 2 is 2.40 bits per heavy atom. The summed E-state index contributed by atoms with van der Waals surface area (Å²) in [6.07, 6.45) is 3.58. The third-order valence-corrected chi connectivity index (χ3v) is 3.03. The van der Waals surface area contributed by atoms with E-state index in [1.165, 1.54) is 12.8 Å². The van der Waals surface area contributed by atoms with Crippen LogP contribution in [0.5, 0.6) is 0 Å². The van der Waals surface area contributed by atoms with E-state index in [2.05, 4.69) is 29.2 Å². The van der Waals surface area contributed by atoms with Crippen molar-refractivity contribution < 1.29 is 0 Å². The topological polar surface area (TPSA) is 42.1 Å². The lowest BCUT2D eigenvalue weighted by molar-refractivity contribution is 0.293. The highest BCUT2D eigenvalue weighted by molar-refractivity contribution is 7.07. The molecule has 3 nitrogen and oxygen atoms in total. The molecule has 15 heavy (non-hydrogen) atoms. The summed E-state index contributed by atoms with van der Waals surface area (Å²) in [4.78, 5) is 6.51. The van der Waals surface area contributed by atoms with Gasteiger partial charge in [-0.1, -0.05) is 19.8 Å². The van der Waals surface area contributed by atoms with Crippen LogP contribution in [-0.4, -0.2) is 29.5 Å². The first-order valence-corrected chi connectivity index (χ1v) is 6.47. The van der Waals surface area contributed by atoms with Crippen molar-refractivity contribution in [3.63, 3.8) is 0 Å². The molecule has 0 aliphatic heterocycles. The molecule has 1 aromatic rings. The molecular formula is C11H21N3S. The van der Waals surface area contributed by atoms with Crippen LogP contribution in [0.25, 0.3) is 0 Å². The van der Waals surface area contributed by atoms with Crippen molar-refractivity contribution in [2.75, 3.05) is 13.6 Å². The van der Waals surface area contributed by atoms with Crippen molar-refractivity contribution in [2.45, 2.75) is 38.8 Å². The molecule has 1 atom stereocenters. The summed E-state index contributed by atoms with van der Waals surface area (Å²) < 4.78 is 0. The van der Waals surface area contributed by atoms with E-state index in [-0.39, 0.29) is 0 Å². The van der Waals surface area contributed by atoms with Crippen LogP contribution in [0, 0.1) is 0 Å². The van der Waals surface area contributed by atoms with E-state index in [9.17, 15) is 0 Å². The first-order chi connectivity index (χ1) is 7.22. The van der Waals surface area contributed by atoms with Gasteiger partial charge in [-0.25, -0.2) is 4.98 Å². The van der Waals surface area contributed by atoms with Gasteiger partial charge >= 0.3 is 0 Å². The molecule has 0 amide bonds. The Kier molecular flexibility index (Phi) is 5.83. The smallest absolute Gasteiger partial charge is 0.0795 e. The largest absolute Gasteiger partial charge is 0.327 e. The van der Waals surface area contributed by atoms with E-state index in [1.54, 1.807) is 11.3 Å². The van der Waals surface area contributed by atoms with Gasteiger partial charge in [0.25, 0.3) is 0 Å². The summed E-state index contributed by atoms with van der Waals surface area (Å²) in [5.74, 6) is 0. The predicted octanol–water partition coefficient (Wildman–Crippen LogP) is 2.09. The maximum atomic E-state index is 6.03. The van der Waals surface area contributed by atoms with Gasteiger partial charge in [0, 0.05) is 24.5 Å². The molecule has 0 aromatic carbocycles. The monoisotopic (exact) mass is 227 g/mol. The van der Waals surface area contributed by atoms with Crippen LogP contribution >= 0.6 is 11.3 Å². The molecule has 0 saturated carbocycles. The number of nitrogens with zero attached hydrogens (tertiary/aromatic N) is 2. The summed E-state index contributed by atoms with van der Waals surface area (Å²) >= 11 is 1.65. The van der Waals surface area contributed by atoms with Crippen LogP contribution in [0.4, 0.5) is 0 Å². The van der Waals surface area contributed by atoms with Crippen molar-refractivity contribution in [3.05, 3.63) is 16.6 Å². The third-order valence-electron chi connectivity index (χ3n) is 2.39. The molecule has 1 aromatic heterocycles. The number of aromatic nitrogens is 1. The Balaban J connectivity index is 2.20. The molecule has 0 spiro atoms. The van der Waals surface area contributed by atoms with Crippen molar-refractivity contribution in [3.8, 4) is 0 Å². The SMILES string of the molecule is CCCCC(N)CN(C)Cc1cscn1. The van der Waals surface area contributed by atoms with E-state index in [1.807, 2.05) is 5.51 Å². The summed E-state index contributed by atoms with van der Waals surface area (Å²) in [5.41, 5.74) is 9.05. The second kappa shape index (κ2) is 6.93. The quantitative estimate of drug-likeness (QED) is 0.775. The summed E-state index contributed by atoms with van der Waals surface area (Å²) in [5, 5.41) is 2.09. The minimum absolute atomic E-state index is 0.300. The van der Waals surface area contributed by atoms with E-state index < -0.39 is 0 Å². The number of unbranched alkanes of at least 4 members (excludes halogenated alkanes) is 1. The van der Waals surface area contributed by atoms with Gasteiger partial charge in [0.2, 0.25) is 0 Å². The molecule has 2 N–H and O–H groups in total. The molecule has 0 bridgehead atoms. The fourth-order valence-corrected chi connectivity index (χ4v) is 2.16. The molecule has 1 heterocycles. The minimum Gasteiger partial charge on any atom is -0.327 e. The highest BCUT2D eigenvalue weighted by atomic mass is 32.1. The average molecular weight is 227 g/mol. The number of thiazole rings is 1. The Morgan fingerprint density at radius 1 is 1.60 bits per heavy atom. The number of nitrogens with two attached hydrogens (primary N) is 1. The first-order valence-electron chi connectivity index (χ1n) is 5.53. The van der Waals surface area contributed by atoms with Crippen LogP contribution in [0.3, 0.4) is 0 Å². The van der Waals surface area contributed by atoms with Gasteiger partial charge < -0.3 is 5.73 Å². The van der Waals surface area contributed by atoms with Gasteiger partial charge in [-0.05, 0) is 13.5 Å². The second-order valence-electron chi connectivity index (χ2n) is 4.08. The highest BCUT2D eigenvalue weighted by Crippen LogP contribution is 2.05. The molecule has 1 unspecified atom stereocenters. The molecule has 0 radical (unpaired) electrons. The van der Waals surface area contributed by atoms with Gasteiger partial charge in [0.1, 0.15) is 0 Å². The normalized spacial score (nSPS) is 13.3. The zero-order valence-corrected chi connectivity index (χ0v) is 10.5. The van der Waals surface area contributed by atoms with Crippen molar-refractivity contribution in [1.82, 2.24) is 9.88 Å². The average Bonchev–Trinajstić information content (AvgIpc) is 2.67. The summed E-state index contributed by atoms with van der Waals surface area (Å²) in [7, 11) is 2.10. The van der Waals surface area contributed by atoms with E-state index in [0.29, 0.717) is 6.04 Å². The van der Waals surface area contributed by atoms with E-state index in [4.69, 9.17) is 5.73 Å². The predicted molar refractivity (Wildman–Crippen MR) is 65.9 cm³/mol. The lowest BCUT2D eigenvalue weighted by atomic mass is 10.1. The summed E-state index contributed by atoms with van der Waals surface area (Å²) in [6, 6.07) is 0.300. The van der Waals surface area contributed by atoms with E-state index in [0.717, 1.165) is 25.2 Å². The number of hydrogen-bond donors (Lipinski definition) is 1. The van der Waals surface area contributed by atoms with Crippen LogP contribution in [-0.2, 0) is 6.54 Å². The van der Waals surface area contributed by atoms with Crippen LogP contribution < -0.4 is 5.73 Å². The second-order valence-corrected chi connectivity index (χ2v) is 4.80. The molecule has 1 rings (SSSR count). The van der Waals surface area contributed by atoms with Gasteiger partial charge in [-0.3, -0.25) is 4.90 Å². The molecule has 4 heteroatoms. The zero-order chi connectivity index (χ0) is 11.1. The fourth-order valence-electron chi connectivity index (χ4n) is 1.61. The standard InChI is InChI=1S/C11H21N3S/c1-3-4-5-10(12)6-14(2)7-11-8-15-9-13-11/h8-10H,3-7,12H2,1-2H3. The maximum absolute atomic E-state index is 6.03. The van der Waals surface area contributed by atoms with Crippen molar-refractivity contribution in [1.29, 1.82) is 0 Å². The Hall–Kier alpha value is -0.450. The molecule has 0 fully saturated rings. The van der Waals surface area contributed by atoms with Gasteiger partial charge in [-0.2, -0.15) is 0 Å². The van der Waals surface area contributed by atoms with Gasteiger partial charge in [0.15, 0.2) is 0 Å². The minimum atomic E-state index is 0.300. The van der Waals surface area contributed by atoms with E-state index >= 15 is 0 Å². The molecule has 0 aliphatic rings. The number of hydrogen-bond acceptors (Lipinski definition) is 4. The summed E-state index contributed by atoms with van der Waals surface area (Å²) in [6.45, 7) is 4.06. The van der Waals surface area contributed by atoms with Gasteiger partial charge in [-0.15, -0.1) is 11.3 Å². The maximum Gasteiger partial charge on any atom is 0.0795 e. The van der Waals surface area contributed by atoms with Crippen LogP contribution in [0.1, 0.15) is 31.9 Å². The Labute approximate surface area is 96.3 Å². The fraction of sp³-hybridized carbons (Fsp3) is 0.727. The highest BCUT2D eigenvalue weighted by Gasteiger charge is 2.07. The molecular weight excluding hydrogens is 206 g/mol. The molecule has 0 aliphatic carbocycles. The lowest BCUT2D eigenvalue weighted by Gasteiger charge is -2.20. The zero-order valence-electron chi connectivity index (χ0n) is 9.65. The van der Waals surface area contributed by atoms with Crippen molar-refractivity contribution >= 4 is 11.3 Å². The van der Waals surface area contributed by atoms with Crippen molar-refractivity contribution in [2.24, 2.45) is 5.73 Å². The van der Waals surface area contributed by atoms with Crippen LogP contribution in [0.15, 0.2) is 10.9 Å². The first kappa shape index (κ1) is 12.6. The number of rotatable bonds is 7. The third kappa shape index (κ3) is 5.25. The lowest BCUT2D eigenvalue weighted by Crippen LogP contribution is -2.34. The van der Waals surface area contributed by atoms with Gasteiger partial charge in [0.05, 0.1) is 11.2 Å².